The lowest BCUT2D eigenvalue weighted by molar-refractivity contribution is 1.06. The van der Waals surface area contributed by atoms with E-state index in [0.717, 1.165) is 33.3 Å². The second-order valence-corrected chi connectivity index (χ2v) is 6.37. The maximum atomic E-state index is 4.61. The number of hydrogen-bond donors (Lipinski definition) is 0. The van der Waals surface area contributed by atoms with Gasteiger partial charge in [0.1, 0.15) is 11.4 Å². The average molecular weight is 332 g/mol. The zero-order chi connectivity index (χ0) is 17.3. The number of benzene rings is 4. The quantitative estimate of drug-likeness (QED) is 0.364. The van der Waals surface area contributed by atoms with Crippen LogP contribution in [0, 0.1) is 0 Å². The molecule has 0 amide bonds. The molecule has 0 unspecified atom stereocenters. The highest BCUT2D eigenvalue weighted by Crippen LogP contribution is 2.34. The first-order valence-electron chi connectivity index (χ1n) is 8.70. The van der Waals surface area contributed by atoms with Crippen LogP contribution in [0.5, 0.6) is 0 Å². The Morgan fingerprint density at radius 2 is 0.808 bits per heavy atom. The molecule has 0 fully saturated rings. The van der Waals surface area contributed by atoms with Crippen LogP contribution >= 0.6 is 0 Å². The summed E-state index contributed by atoms with van der Waals surface area (Å²) in [7, 11) is 0. The third-order valence-corrected chi connectivity index (χ3v) is 4.74. The second kappa shape index (κ2) is 6.08. The summed E-state index contributed by atoms with van der Waals surface area (Å²) in [5.74, 6) is 0. The number of aromatic nitrogens is 2. The molecule has 0 radical (unpaired) electrons. The zero-order valence-corrected chi connectivity index (χ0v) is 14.1. The van der Waals surface area contributed by atoms with Crippen molar-refractivity contribution in [3.05, 3.63) is 97.1 Å². The first kappa shape index (κ1) is 14.8. The summed E-state index contributed by atoms with van der Waals surface area (Å²) in [6.07, 6.45) is 0. The molecule has 2 nitrogen and oxygen atoms in total. The summed E-state index contributed by atoms with van der Waals surface area (Å²) in [6.45, 7) is 0. The molecule has 0 aliphatic carbocycles. The minimum Gasteiger partial charge on any atom is -0.149 e. The third-order valence-electron chi connectivity index (χ3n) is 4.74. The van der Waals surface area contributed by atoms with Crippen molar-refractivity contribution in [3.63, 3.8) is 0 Å². The highest BCUT2D eigenvalue weighted by Gasteiger charge is 2.13. The highest BCUT2D eigenvalue weighted by atomic mass is 15.1. The predicted octanol–water partition coefficient (Wildman–Crippen LogP) is 6.12. The van der Waals surface area contributed by atoms with Gasteiger partial charge in [0.2, 0.25) is 0 Å². The monoisotopic (exact) mass is 332 g/mol. The van der Waals surface area contributed by atoms with Crippen molar-refractivity contribution in [2.24, 2.45) is 0 Å². The fourth-order valence-corrected chi connectivity index (χ4v) is 3.46. The lowest BCUT2D eigenvalue weighted by atomic mass is 9.97. The van der Waals surface area contributed by atoms with Gasteiger partial charge in [0.15, 0.2) is 0 Å². The van der Waals surface area contributed by atoms with Gasteiger partial charge < -0.3 is 0 Å². The molecular weight excluding hydrogens is 316 g/mol. The largest absolute Gasteiger partial charge is 0.149 e. The number of nitrogens with zero attached hydrogens (tertiary/aromatic N) is 2. The number of fused-ring (bicyclic) bond motifs is 2. The maximum Gasteiger partial charge on any atom is 0.101 e. The normalized spacial score (nSPS) is 11.1. The smallest absolute Gasteiger partial charge is 0.101 e. The summed E-state index contributed by atoms with van der Waals surface area (Å²) < 4.78 is 0. The summed E-state index contributed by atoms with van der Waals surface area (Å²) in [5, 5.41) is 13.9. The van der Waals surface area contributed by atoms with Gasteiger partial charge in [-0.2, -0.15) is 0 Å². The van der Waals surface area contributed by atoms with Crippen LogP contribution in [0.1, 0.15) is 0 Å². The van der Waals surface area contributed by atoms with E-state index in [9.17, 15) is 0 Å². The minimum atomic E-state index is 0.922. The Balaban J connectivity index is 1.90. The van der Waals surface area contributed by atoms with Gasteiger partial charge >= 0.3 is 0 Å². The van der Waals surface area contributed by atoms with Crippen LogP contribution in [0.3, 0.4) is 0 Å². The summed E-state index contributed by atoms with van der Waals surface area (Å²) in [4.78, 5) is 0. The molecule has 0 aliphatic rings. The Hall–Kier alpha value is -3.52. The average Bonchev–Trinajstić information content (AvgIpc) is 2.73. The van der Waals surface area contributed by atoms with Crippen molar-refractivity contribution in [2.45, 2.75) is 0 Å². The molecule has 0 bridgehead atoms. The van der Waals surface area contributed by atoms with Crippen molar-refractivity contribution in [1.82, 2.24) is 10.2 Å². The topological polar surface area (TPSA) is 25.8 Å². The van der Waals surface area contributed by atoms with Gasteiger partial charge in [0.05, 0.1) is 0 Å². The van der Waals surface area contributed by atoms with Crippen LogP contribution in [0.25, 0.3) is 44.1 Å². The van der Waals surface area contributed by atoms with Crippen LogP contribution in [0.4, 0.5) is 0 Å². The first-order valence-corrected chi connectivity index (χ1v) is 8.70. The molecule has 5 rings (SSSR count). The van der Waals surface area contributed by atoms with E-state index in [0.29, 0.717) is 0 Å². The van der Waals surface area contributed by atoms with Crippen molar-refractivity contribution in [1.29, 1.82) is 0 Å². The molecule has 122 valence electrons. The van der Waals surface area contributed by atoms with E-state index in [1.807, 2.05) is 36.4 Å². The van der Waals surface area contributed by atoms with Crippen molar-refractivity contribution < 1.29 is 0 Å². The molecule has 0 spiro atoms. The molecule has 0 N–H and O–H groups in total. The molecular formula is C24H16N2. The van der Waals surface area contributed by atoms with E-state index >= 15 is 0 Å². The fourth-order valence-electron chi connectivity index (χ4n) is 3.46. The summed E-state index contributed by atoms with van der Waals surface area (Å²) in [5.41, 5.74) is 4.01. The van der Waals surface area contributed by atoms with Crippen molar-refractivity contribution in [2.75, 3.05) is 0 Å². The molecule has 0 saturated heterocycles. The molecule has 0 aliphatic heterocycles. The molecule has 0 atom stereocenters. The van der Waals surface area contributed by atoms with Gasteiger partial charge in [-0.15, -0.1) is 10.2 Å². The van der Waals surface area contributed by atoms with E-state index in [-0.39, 0.29) is 0 Å². The highest BCUT2D eigenvalue weighted by molar-refractivity contribution is 6.08. The van der Waals surface area contributed by atoms with Crippen LogP contribution in [0.15, 0.2) is 97.1 Å². The standard InChI is InChI=1S/C24H16N2/c1-3-9-17(10-4-1)23-21-15-19-13-7-8-14-20(19)16-22(21)24(26-25-23)18-11-5-2-6-12-18/h1-16H. The first-order chi connectivity index (χ1) is 12.9. The van der Waals surface area contributed by atoms with Gasteiger partial charge in [0, 0.05) is 21.9 Å². The van der Waals surface area contributed by atoms with Crippen molar-refractivity contribution in [3.8, 4) is 22.5 Å². The van der Waals surface area contributed by atoms with Gasteiger partial charge in [-0.05, 0) is 22.9 Å². The van der Waals surface area contributed by atoms with E-state index < -0.39 is 0 Å². The minimum absolute atomic E-state index is 0.922. The van der Waals surface area contributed by atoms with E-state index in [1.54, 1.807) is 0 Å². The molecule has 5 aromatic rings. The Labute approximate surface area is 151 Å². The molecule has 2 heteroatoms. The Kier molecular flexibility index (Phi) is 3.46. The number of hydrogen-bond acceptors (Lipinski definition) is 2. The number of rotatable bonds is 2. The van der Waals surface area contributed by atoms with Crippen molar-refractivity contribution >= 4 is 21.5 Å². The Bertz CT molecular complexity index is 1120. The predicted molar refractivity (Wildman–Crippen MR) is 108 cm³/mol. The third kappa shape index (κ3) is 2.44. The van der Waals surface area contributed by atoms with E-state index in [2.05, 4.69) is 70.9 Å². The zero-order valence-electron chi connectivity index (χ0n) is 14.1. The van der Waals surface area contributed by atoms with E-state index in [4.69, 9.17) is 0 Å². The molecule has 26 heavy (non-hydrogen) atoms. The van der Waals surface area contributed by atoms with Gasteiger partial charge in [0.25, 0.3) is 0 Å². The van der Waals surface area contributed by atoms with Crippen LogP contribution in [0.2, 0.25) is 0 Å². The Morgan fingerprint density at radius 3 is 1.23 bits per heavy atom. The molecule has 1 aromatic heterocycles. The molecule has 4 aromatic carbocycles. The van der Waals surface area contributed by atoms with Crippen LogP contribution in [-0.2, 0) is 0 Å². The summed E-state index contributed by atoms with van der Waals surface area (Å²) in [6, 6.07) is 33.4. The fraction of sp³-hybridized carbons (Fsp3) is 0. The SMILES string of the molecule is c1ccc(-c2nnc(-c3ccccc3)c3cc4ccccc4cc23)cc1. The summed E-state index contributed by atoms with van der Waals surface area (Å²) >= 11 is 0. The van der Waals surface area contributed by atoms with Gasteiger partial charge in [-0.3, -0.25) is 0 Å². The lowest BCUT2D eigenvalue weighted by Gasteiger charge is -2.11. The second-order valence-electron chi connectivity index (χ2n) is 6.37. The van der Waals surface area contributed by atoms with Gasteiger partial charge in [-0.25, -0.2) is 0 Å². The lowest BCUT2D eigenvalue weighted by Crippen LogP contribution is -1.95. The van der Waals surface area contributed by atoms with Gasteiger partial charge in [-0.1, -0.05) is 84.9 Å². The molecule has 0 saturated carbocycles. The maximum absolute atomic E-state index is 4.61. The Morgan fingerprint density at radius 1 is 0.423 bits per heavy atom. The van der Waals surface area contributed by atoms with E-state index in [1.165, 1.54) is 10.8 Å². The molecule has 1 heterocycles. The van der Waals surface area contributed by atoms with Crippen LogP contribution < -0.4 is 0 Å². The van der Waals surface area contributed by atoms with Crippen LogP contribution in [-0.4, -0.2) is 10.2 Å².